The molecule has 0 atom stereocenters. The van der Waals surface area contributed by atoms with Crippen LogP contribution in [0, 0.1) is 7.14 Å². The third-order valence-electron chi connectivity index (χ3n) is 1.42. The predicted octanol–water partition coefficient (Wildman–Crippen LogP) is 3.97. The van der Waals surface area contributed by atoms with E-state index in [0.717, 1.165) is 0 Å². The summed E-state index contributed by atoms with van der Waals surface area (Å²) in [6.07, 6.45) is -1.29. The number of alkyl halides is 3. The van der Waals surface area contributed by atoms with Gasteiger partial charge in [-0.25, -0.2) is 8.78 Å². The van der Waals surface area contributed by atoms with Crippen LogP contribution >= 0.6 is 56.8 Å². The fourth-order valence-electron chi connectivity index (χ4n) is 0.760. The molecule has 13 heavy (non-hydrogen) atoms. The van der Waals surface area contributed by atoms with Gasteiger partial charge in [0.25, 0.3) is 6.43 Å². The number of hydrogen-bond donors (Lipinski definition) is 0. The molecule has 1 rings (SSSR count). The number of nitrogens with zero attached hydrogens (tertiary/aromatic N) is 1. The van der Waals surface area contributed by atoms with Gasteiger partial charge in [0, 0.05) is 13.3 Å². The largest absolute Gasteiger partial charge is 0.266 e. The number of pyridine rings is 1. The van der Waals surface area contributed by atoms with E-state index in [1.807, 2.05) is 45.2 Å². The van der Waals surface area contributed by atoms with Gasteiger partial charge in [0.2, 0.25) is 0 Å². The summed E-state index contributed by atoms with van der Waals surface area (Å²) >= 11 is 9.44. The standard InChI is InChI=1S/C7H4ClF2I2N/c8-1-4-6(12)5(11)3(2-13-4)7(9)10/h2,7H,1H2. The van der Waals surface area contributed by atoms with Crippen LogP contribution in [0.1, 0.15) is 17.7 Å². The van der Waals surface area contributed by atoms with Crippen LogP contribution in [-0.4, -0.2) is 4.98 Å². The Morgan fingerprint density at radius 1 is 1.38 bits per heavy atom. The summed E-state index contributed by atoms with van der Waals surface area (Å²) in [4.78, 5) is 3.85. The van der Waals surface area contributed by atoms with Crippen LogP contribution in [0.2, 0.25) is 0 Å². The van der Waals surface area contributed by atoms with Crippen LogP contribution in [0.4, 0.5) is 8.78 Å². The summed E-state index contributed by atoms with van der Waals surface area (Å²) in [5, 5.41) is 0. The lowest BCUT2D eigenvalue weighted by molar-refractivity contribution is 0.150. The second-order valence-corrected chi connectivity index (χ2v) is 4.65. The number of aromatic nitrogens is 1. The molecule has 0 radical (unpaired) electrons. The Bertz CT molecular complexity index is 320. The maximum atomic E-state index is 12.4. The lowest BCUT2D eigenvalue weighted by atomic mass is 10.3. The molecule has 0 aliphatic rings. The first-order chi connectivity index (χ1) is 6.07. The van der Waals surface area contributed by atoms with Crippen molar-refractivity contribution < 1.29 is 8.78 Å². The van der Waals surface area contributed by atoms with Gasteiger partial charge < -0.3 is 0 Å². The molecule has 72 valence electrons. The molecule has 0 N–H and O–H groups in total. The van der Waals surface area contributed by atoms with Crippen LogP contribution < -0.4 is 0 Å². The molecule has 0 fully saturated rings. The maximum Gasteiger partial charge on any atom is 0.266 e. The van der Waals surface area contributed by atoms with Crippen molar-refractivity contribution in [2.45, 2.75) is 12.3 Å². The van der Waals surface area contributed by atoms with Crippen molar-refractivity contribution in [2.75, 3.05) is 0 Å². The highest BCUT2D eigenvalue weighted by Crippen LogP contribution is 2.28. The summed E-state index contributed by atoms with van der Waals surface area (Å²) in [7, 11) is 0. The monoisotopic (exact) mass is 429 g/mol. The van der Waals surface area contributed by atoms with Crippen molar-refractivity contribution in [2.24, 2.45) is 0 Å². The van der Waals surface area contributed by atoms with E-state index in [1.165, 1.54) is 6.20 Å². The average Bonchev–Trinajstić information content (AvgIpc) is 2.09. The molecule has 0 saturated heterocycles. The zero-order valence-electron chi connectivity index (χ0n) is 6.20. The maximum absolute atomic E-state index is 12.4. The Labute approximate surface area is 107 Å². The smallest absolute Gasteiger partial charge is 0.258 e. The average molecular weight is 429 g/mol. The lowest BCUT2D eigenvalue weighted by Gasteiger charge is -2.07. The summed E-state index contributed by atoms with van der Waals surface area (Å²) in [6, 6.07) is 0. The van der Waals surface area contributed by atoms with Gasteiger partial charge >= 0.3 is 0 Å². The van der Waals surface area contributed by atoms with Gasteiger partial charge in [0.05, 0.1) is 17.1 Å². The summed E-state index contributed by atoms with van der Waals surface area (Å²) < 4.78 is 26.0. The number of rotatable bonds is 2. The Morgan fingerprint density at radius 3 is 2.46 bits per heavy atom. The molecule has 0 spiro atoms. The summed E-state index contributed by atoms with van der Waals surface area (Å²) in [5.41, 5.74) is 0.620. The van der Waals surface area contributed by atoms with Crippen LogP contribution in [0.5, 0.6) is 0 Å². The van der Waals surface area contributed by atoms with Gasteiger partial charge in [-0.3, -0.25) is 4.98 Å². The molecule has 6 heteroatoms. The molecule has 1 aromatic rings. The van der Waals surface area contributed by atoms with Gasteiger partial charge in [-0.15, -0.1) is 11.6 Å². The van der Waals surface area contributed by atoms with Crippen molar-refractivity contribution in [3.8, 4) is 0 Å². The Balaban J connectivity index is 3.23. The zero-order valence-corrected chi connectivity index (χ0v) is 11.3. The molecule has 0 aliphatic heterocycles. The van der Waals surface area contributed by atoms with Gasteiger partial charge in [-0.1, -0.05) is 0 Å². The lowest BCUT2D eigenvalue weighted by Crippen LogP contribution is -1.99. The topological polar surface area (TPSA) is 12.9 Å². The number of hydrogen-bond acceptors (Lipinski definition) is 1. The Hall–Kier alpha value is 0.760. The third kappa shape index (κ3) is 2.62. The fourth-order valence-corrected chi connectivity index (χ4v) is 2.51. The SMILES string of the molecule is FC(F)c1cnc(CCl)c(I)c1I. The van der Waals surface area contributed by atoms with Crippen molar-refractivity contribution in [1.82, 2.24) is 4.98 Å². The van der Waals surface area contributed by atoms with E-state index in [2.05, 4.69) is 4.98 Å². The molecule has 0 aliphatic carbocycles. The van der Waals surface area contributed by atoms with Crippen molar-refractivity contribution in [3.05, 3.63) is 24.6 Å². The number of halogens is 5. The molecule has 1 heterocycles. The van der Waals surface area contributed by atoms with E-state index < -0.39 is 6.43 Å². The minimum atomic E-state index is -2.47. The first kappa shape index (κ1) is 11.8. The second-order valence-electron chi connectivity index (χ2n) is 2.22. The molecule has 0 bridgehead atoms. The van der Waals surface area contributed by atoms with E-state index in [4.69, 9.17) is 11.6 Å². The quantitative estimate of drug-likeness (QED) is 0.512. The molecular weight excluding hydrogens is 425 g/mol. The first-order valence-corrected chi connectivity index (χ1v) is 5.94. The highest BCUT2D eigenvalue weighted by Gasteiger charge is 2.16. The van der Waals surface area contributed by atoms with Gasteiger partial charge in [-0.05, 0) is 45.2 Å². The molecule has 1 aromatic heterocycles. The van der Waals surface area contributed by atoms with E-state index >= 15 is 0 Å². The van der Waals surface area contributed by atoms with Gasteiger partial charge in [0.1, 0.15) is 0 Å². The van der Waals surface area contributed by atoms with Gasteiger partial charge in [-0.2, -0.15) is 0 Å². The molecule has 0 aromatic carbocycles. The van der Waals surface area contributed by atoms with Crippen LogP contribution in [-0.2, 0) is 5.88 Å². The van der Waals surface area contributed by atoms with Crippen molar-refractivity contribution in [1.29, 1.82) is 0 Å². The third-order valence-corrected chi connectivity index (χ3v) is 5.03. The summed E-state index contributed by atoms with van der Waals surface area (Å²) in [5.74, 6) is 0.248. The fraction of sp³-hybridized carbons (Fsp3) is 0.286. The normalized spacial score (nSPS) is 10.9. The van der Waals surface area contributed by atoms with Crippen LogP contribution in [0.3, 0.4) is 0 Å². The van der Waals surface area contributed by atoms with Gasteiger partial charge in [0.15, 0.2) is 0 Å². The minimum Gasteiger partial charge on any atom is -0.258 e. The molecule has 0 saturated carbocycles. The first-order valence-electron chi connectivity index (χ1n) is 3.24. The van der Waals surface area contributed by atoms with E-state index in [-0.39, 0.29) is 11.4 Å². The second kappa shape index (κ2) is 5.01. The highest BCUT2D eigenvalue weighted by molar-refractivity contribution is 14.1. The van der Waals surface area contributed by atoms with E-state index in [9.17, 15) is 8.78 Å². The van der Waals surface area contributed by atoms with Crippen LogP contribution in [0.25, 0.3) is 0 Å². The van der Waals surface area contributed by atoms with Crippen molar-refractivity contribution >= 4 is 56.8 Å². The Kier molecular flexibility index (Phi) is 4.56. The van der Waals surface area contributed by atoms with E-state index in [0.29, 0.717) is 12.8 Å². The molecule has 1 nitrogen and oxygen atoms in total. The van der Waals surface area contributed by atoms with Crippen LogP contribution in [0.15, 0.2) is 6.20 Å². The highest BCUT2D eigenvalue weighted by atomic mass is 127. The Morgan fingerprint density at radius 2 is 2.00 bits per heavy atom. The molecular formula is C7H4ClF2I2N. The minimum absolute atomic E-state index is 0.0288. The predicted molar refractivity (Wildman–Crippen MR) is 64.2 cm³/mol. The van der Waals surface area contributed by atoms with Crippen molar-refractivity contribution in [3.63, 3.8) is 0 Å². The molecule has 0 unspecified atom stereocenters. The summed E-state index contributed by atoms with van der Waals surface area (Å²) in [6.45, 7) is 0. The molecule has 0 amide bonds. The van der Waals surface area contributed by atoms with E-state index in [1.54, 1.807) is 0 Å². The zero-order chi connectivity index (χ0) is 10.0.